The van der Waals surface area contributed by atoms with Crippen molar-refractivity contribution < 1.29 is 13.9 Å². The van der Waals surface area contributed by atoms with Gasteiger partial charge in [0.15, 0.2) is 11.5 Å². The van der Waals surface area contributed by atoms with Crippen molar-refractivity contribution in [2.24, 2.45) is 0 Å². The third-order valence-electron chi connectivity index (χ3n) is 3.92. The van der Waals surface area contributed by atoms with Crippen LogP contribution in [0.4, 0.5) is 21.8 Å². The molecule has 6 nitrogen and oxygen atoms in total. The molecule has 0 unspecified atom stereocenters. The molecule has 7 heteroatoms. The molecular formula is C20H21FN4O2. The van der Waals surface area contributed by atoms with Gasteiger partial charge in [-0.3, -0.25) is 0 Å². The third kappa shape index (κ3) is 5.07. The Hall–Kier alpha value is -3.35. The van der Waals surface area contributed by atoms with Gasteiger partial charge in [0.2, 0.25) is 5.95 Å². The molecule has 1 heterocycles. The van der Waals surface area contributed by atoms with Crippen LogP contribution in [0.5, 0.6) is 11.5 Å². The summed E-state index contributed by atoms with van der Waals surface area (Å²) >= 11 is 0. The lowest BCUT2D eigenvalue weighted by Crippen LogP contribution is -2.08. The molecule has 0 amide bonds. The van der Waals surface area contributed by atoms with Crippen molar-refractivity contribution in [3.05, 3.63) is 66.1 Å². The van der Waals surface area contributed by atoms with E-state index in [1.54, 1.807) is 38.6 Å². The average molecular weight is 368 g/mol. The van der Waals surface area contributed by atoms with Crippen LogP contribution in [0.3, 0.4) is 0 Å². The molecule has 27 heavy (non-hydrogen) atoms. The maximum Gasteiger partial charge on any atom is 0.229 e. The summed E-state index contributed by atoms with van der Waals surface area (Å²) in [5.41, 5.74) is 1.85. The Morgan fingerprint density at radius 3 is 2.48 bits per heavy atom. The zero-order chi connectivity index (χ0) is 19.1. The molecule has 0 saturated heterocycles. The first-order valence-electron chi connectivity index (χ1n) is 8.48. The van der Waals surface area contributed by atoms with E-state index >= 15 is 0 Å². The number of hydrogen-bond donors (Lipinski definition) is 2. The number of methoxy groups -OCH3 is 2. The molecule has 0 saturated carbocycles. The van der Waals surface area contributed by atoms with E-state index in [4.69, 9.17) is 9.47 Å². The van der Waals surface area contributed by atoms with Crippen LogP contribution >= 0.6 is 0 Å². The standard InChI is InChI=1S/C20H21FN4O2/c1-26-17-8-3-14(13-18(17)27-2)9-11-22-19-10-12-23-20(25-19)24-16-6-4-15(21)5-7-16/h3-8,10,12-13H,9,11H2,1-2H3,(H2,22,23,24,25). The summed E-state index contributed by atoms with van der Waals surface area (Å²) in [5, 5.41) is 6.32. The number of nitrogens with zero attached hydrogens (tertiary/aromatic N) is 2. The smallest absolute Gasteiger partial charge is 0.229 e. The van der Waals surface area contributed by atoms with E-state index in [-0.39, 0.29) is 5.82 Å². The van der Waals surface area contributed by atoms with Gasteiger partial charge in [-0.1, -0.05) is 6.07 Å². The highest BCUT2D eigenvalue weighted by atomic mass is 19.1. The van der Waals surface area contributed by atoms with Gasteiger partial charge in [0.05, 0.1) is 14.2 Å². The fourth-order valence-corrected chi connectivity index (χ4v) is 2.55. The highest BCUT2D eigenvalue weighted by Gasteiger charge is 2.05. The van der Waals surface area contributed by atoms with E-state index in [2.05, 4.69) is 20.6 Å². The number of anilines is 3. The Balaban J connectivity index is 1.57. The van der Waals surface area contributed by atoms with Crippen LogP contribution in [0.1, 0.15) is 5.56 Å². The Morgan fingerprint density at radius 2 is 1.74 bits per heavy atom. The molecule has 1 aromatic heterocycles. The second-order valence-electron chi connectivity index (χ2n) is 5.76. The second-order valence-corrected chi connectivity index (χ2v) is 5.76. The van der Waals surface area contributed by atoms with Gasteiger partial charge >= 0.3 is 0 Å². The highest BCUT2D eigenvalue weighted by molar-refractivity contribution is 5.54. The number of benzene rings is 2. The van der Waals surface area contributed by atoms with Gasteiger partial charge in [-0.2, -0.15) is 4.98 Å². The molecular weight excluding hydrogens is 347 g/mol. The average Bonchev–Trinajstić information content (AvgIpc) is 2.70. The van der Waals surface area contributed by atoms with Crippen LogP contribution in [0, 0.1) is 5.82 Å². The van der Waals surface area contributed by atoms with Crippen LogP contribution < -0.4 is 20.1 Å². The van der Waals surface area contributed by atoms with Crippen LogP contribution in [0.15, 0.2) is 54.7 Å². The molecule has 0 spiro atoms. The van der Waals surface area contributed by atoms with Gasteiger partial charge in [0.25, 0.3) is 0 Å². The molecule has 2 N–H and O–H groups in total. The van der Waals surface area contributed by atoms with Crippen LogP contribution in [0.25, 0.3) is 0 Å². The van der Waals surface area contributed by atoms with Crippen molar-refractivity contribution in [3.8, 4) is 11.5 Å². The number of aromatic nitrogens is 2. The summed E-state index contributed by atoms with van der Waals surface area (Å²) in [4.78, 5) is 8.59. The molecule has 0 aliphatic carbocycles. The van der Waals surface area contributed by atoms with Crippen LogP contribution in [0.2, 0.25) is 0 Å². The minimum Gasteiger partial charge on any atom is -0.493 e. The van der Waals surface area contributed by atoms with Gasteiger partial charge in [0.1, 0.15) is 11.6 Å². The molecule has 0 aliphatic rings. The quantitative estimate of drug-likeness (QED) is 0.626. The van der Waals surface area contributed by atoms with Crippen LogP contribution in [-0.4, -0.2) is 30.7 Å². The summed E-state index contributed by atoms with van der Waals surface area (Å²) in [6.45, 7) is 0.697. The topological polar surface area (TPSA) is 68.3 Å². The summed E-state index contributed by atoms with van der Waals surface area (Å²) < 4.78 is 23.5. The summed E-state index contributed by atoms with van der Waals surface area (Å²) in [5.74, 6) is 2.28. The normalized spacial score (nSPS) is 10.3. The van der Waals surface area contributed by atoms with Crippen LogP contribution in [-0.2, 0) is 6.42 Å². The number of hydrogen-bond acceptors (Lipinski definition) is 6. The van der Waals surface area contributed by atoms with Gasteiger partial charge in [-0.05, 0) is 54.4 Å². The lowest BCUT2D eigenvalue weighted by Gasteiger charge is -2.11. The minimum absolute atomic E-state index is 0.285. The zero-order valence-electron chi connectivity index (χ0n) is 15.2. The lowest BCUT2D eigenvalue weighted by molar-refractivity contribution is 0.354. The van der Waals surface area contributed by atoms with Crippen molar-refractivity contribution >= 4 is 17.5 Å². The Bertz CT molecular complexity index is 887. The van der Waals surface area contributed by atoms with Crippen molar-refractivity contribution in [3.63, 3.8) is 0 Å². The van der Waals surface area contributed by atoms with E-state index in [0.717, 1.165) is 17.7 Å². The maximum atomic E-state index is 13.0. The fourth-order valence-electron chi connectivity index (χ4n) is 2.55. The van der Waals surface area contributed by atoms with Crippen molar-refractivity contribution in [2.45, 2.75) is 6.42 Å². The maximum absolute atomic E-state index is 13.0. The predicted molar refractivity (Wildman–Crippen MR) is 103 cm³/mol. The van der Waals surface area contributed by atoms with Gasteiger partial charge in [-0.25, -0.2) is 9.37 Å². The third-order valence-corrected chi connectivity index (χ3v) is 3.92. The summed E-state index contributed by atoms with van der Waals surface area (Å²) in [6.07, 6.45) is 2.46. The molecule has 0 fully saturated rings. The van der Waals surface area contributed by atoms with Crippen molar-refractivity contribution in [1.29, 1.82) is 0 Å². The SMILES string of the molecule is COc1ccc(CCNc2ccnc(Nc3ccc(F)cc3)n2)cc1OC. The first-order chi connectivity index (χ1) is 13.2. The van der Waals surface area contributed by atoms with Gasteiger partial charge in [-0.15, -0.1) is 0 Å². The molecule has 3 aromatic rings. The first kappa shape index (κ1) is 18.4. The minimum atomic E-state index is -0.285. The zero-order valence-corrected chi connectivity index (χ0v) is 15.2. The first-order valence-corrected chi connectivity index (χ1v) is 8.48. The van der Waals surface area contributed by atoms with E-state index in [1.807, 2.05) is 18.2 Å². The number of halogens is 1. The Labute approximate surface area is 157 Å². The van der Waals surface area contributed by atoms with E-state index < -0.39 is 0 Å². The number of ether oxygens (including phenoxy) is 2. The lowest BCUT2D eigenvalue weighted by atomic mass is 10.1. The van der Waals surface area contributed by atoms with E-state index in [1.165, 1.54) is 12.1 Å². The molecule has 2 aromatic carbocycles. The fraction of sp³-hybridized carbons (Fsp3) is 0.200. The largest absolute Gasteiger partial charge is 0.493 e. The molecule has 0 atom stereocenters. The van der Waals surface area contributed by atoms with Crippen molar-refractivity contribution in [1.82, 2.24) is 9.97 Å². The van der Waals surface area contributed by atoms with E-state index in [9.17, 15) is 4.39 Å². The Kier molecular flexibility index (Phi) is 6.04. The predicted octanol–water partition coefficient (Wildman–Crippen LogP) is 4.03. The van der Waals surface area contributed by atoms with Gasteiger partial charge < -0.3 is 20.1 Å². The number of rotatable bonds is 8. The van der Waals surface area contributed by atoms with E-state index in [0.29, 0.717) is 29.8 Å². The molecule has 3 rings (SSSR count). The molecule has 140 valence electrons. The Morgan fingerprint density at radius 1 is 0.963 bits per heavy atom. The summed E-state index contributed by atoms with van der Waals surface area (Å²) in [7, 11) is 3.24. The molecule has 0 aliphatic heterocycles. The second kappa shape index (κ2) is 8.84. The monoisotopic (exact) mass is 368 g/mol. The summed E-state index contributed by atoms with van der Waals surface area (Å²) in [6, 6.07) is 13.7. The van der Waals surface area contributed by atoms with Gasteiger partial charge in [0, 0.05) is 18.4 Å². The molecule has 0 radical (unpaired) electrons. The number of nitrogens with one attached hydrogen (secondary N) is 2. The van der Waals surface area contributed by atoms with Crippen molar-refractivity contribution in [2.75, 3.05) is 31.4 Å². The highest BCUT2D eigenvalue weighted by Crippen LogP contribution is 2.27. The molecule has 0 bridgehead atoms.